The van der Waals surface area contributed by atoms with Crippen LogP contribution in [0.25, 0.3) is 0 Å². The summed E-state index contributed by atoms with van der Waals surface area (Å²) < 4.78 is 25.7. The second-order valence-electron chi connectivity index (χ2n) is 2.63. The normalized spacial score (nSPS) is 11.4. The molecule has 1 rings (SSSR count). The van der Waals surface area contributed by atoms with Crippen LogP contribution in [0.15, 0.2) is 14.7 Å². The number of amides is 1. The Hall–Kier alpha value is -0.400. The van der Waals surface area contributed by atoms with Gasteiger partial charge in [-0.3, -0.25) is 4.79 Å². The topological polar surface area (TPSA) is 63.2 Å². The fraction of sp³-hybridized carbons (Fsp3) is 0.286. The van der Waals surface area contributed by atoms with Crippen molar-refractivity contribution in [2.75, 3.05) is 0 Å². The fourth-order valence-corrected chi connectivity index (χ4v) is 4.35. The molecule has 0 fully saturated rings. The Balaban J connectivity index is 3.16. The molecule has 0 radical (unpaired) electrons. The van der Waals surface area contributed by atoms with Crippen LogP contribution in [0.5, 0.6) is 0 Å². The minimum atomic E-state index is -3.69. The van der Waals surface area contributed by atoms with E-state index in [1.165, 1.54) is 17.4 Å². The van der Waals surface area contributed by atoms with E-state index >= 15 is 0 Å². The second kappa shape index (κ2) is 4.00. The molecule has 4 nitrogen and oxygen atoms in total. The number of hydrogen-bond acceptors (Lipinski definition) is 4. The van der Waals surface area contributed by atoms with E-state index in [4.69, 9.17) is 0 Å². The lowest BCUT2D eigenvalue weighted by atomic mass is 10.5. The minimum absolute atomic E-state index is 0.143. The van der Waals surface area contributed by atoms with Crippen molar-refractivity contribution in [2.24, 2.45) is 0 Å². The van der Waals surface area contributed by atoms with Crippen LogP contribution in [-0.4, -0.2) is 14.3 Å². The van der Waals surface area contributed by atoms with E-state index in [0.29, 0.717) is 4.88 Å². The van der Waals surface area contributed by atoms with Crippen LogP contribution < -0.4 is 4.72 Å². The number of sulfonamides is 1. The van der Waals surface area contributed by atoms with Crippen molar-refractivity contribution in [3.8, 4) is 0 Å². The highest BCUT2D eigenvalue weighted by Crippen LogP contribution is 2.29. The summed E-state index contributed by atoms with van der Waals surface area (Å²) in [6.07, 6.45) is 0. The van der Waals surface area contributed by atoms with Gasteiger partial charge in [-0.25, -0.2) is 13.1 Å². The van der Waals surface area contributed by atoms with Crippen molar-refractivity contribution in [3.05, 3.63) is 14.7 Å². The van der Waals surface area contributed by atoms with E-state index in [1.54, 1.807) is 6.92 Å². The summed E-state index contributed by atoms with van der Waals surface area (Å²) in [5, 5.41) is 0. The molecule has 0 saturated heterocycles. The van der Waals surface area contributed by atoms with Crippen molar-refractivity contribution >= 4 is 43.2 Å². The predicted octanol–water partition coefficient (Wildman–Crippen LogP) is 1.64. The third kappa shape index (κ3) is 2.55. The van der Waals surface area contributed by atoms with Crippen molar-refractivity contribution in [1.82, 2.24) is 4.72 Å². The summed E-state index contributed by atoms with van der Waals surface area (Å²) in [4.78, 5) is 11.4. The first-order valence-corrected chi connectivity index (χ1v) is 6.71. The zero-order valence-electron chi connectivity index (χ0n) is 7.50. The maximum absolute atomic E-state index is 11.5. The lowest BCUT2D eigenvalue weighted by molar-refractivity contribution is -0.117. The number of carbonyl (C=O) groups excluding carboxylic acids is 1. The van der Waals surface area contributed by atoms with Gasteiger partial charge in [0, 0.05) is 11.8 Å². The third-order valence-corrected chi connectivity index (χ3v) is 4.65. The van der Waals surface area contributed by atoms with Gasteiger partial charge in [-0.1, -0.05) is 0 Å². The molecule has 0 saturated carbocycles. The molecular formula is C7H8BrNO3S2. The van der Waals surface area contributed by atoms with Gasteiger partial charge in [0.2, 0.25) is 5.91 Å². The van der Waals surface area contributed by atoms with Crippen LogP contribution in [0.2, 0.25) is 0 Å². The minimum Gasteiger partial charge on any atom is -0.274 e. The van der Waals surface area contributed by atoms with Crippen molar-refractivity contribution in [1.29, 1.82) is 0 Å². The maximum atomic E-state index is 11.5. The molecule has 0 aliphatic rings. The first-order valence-electron chi connectivity index (χ1n) is 3.62. The lowest BCUT2D eigenvalue weighted by Crippen LogP contribution is -2.28. The molecule has 1 amide bonds. The van der Waals surface area contributed by atoms with Crippen molar-refractivity contribution < 1.29 is 13.2 Å². The summed E-state index contributed by atoms with van der Waals surface area (Å²) in [6, 6.07) is 1.48. The van der Waals surface area contributed by atoms with E-state index in [9.17, 15) is 13.2 Å². The first-order chi connectivity index (χ1) is 6.33. The number of nitrogens with one attached hydrogen (secondary N) is 1. The molecular weight excluding hydrogens is 290 g/mol. The van der Waals surface area contributed by atoms with Gasteiger partial charge in [0.1, 0.15) is 4.90 Å². The zero-order valence-corrected chi connectivity index (χ0v) is 10.7. The molecule has 0 aliphatic carbocycles. The highest BCUT2D eigenvalue weighted by Gasteiger charge is 2.20. The monoisotopic (exact) mass is 297 g/mol. The van der Waals surface area contributed by atoms with Gasteiger partial charge in [0.25, 0.3) is 10.0 Å². The average molecular weight is 298 g/mol. The number of carbonyl (C=O) groups is 1. The molecule has 14 heavy (non-hydrogen) atoms. The quantitative estimate of drug-likeness (QED) is 0.903. The molecule has 1 aromatic rings. The van der Waals surface area contributed by atoms with Crippen molar-refractivity contribution in [3.63, 3.8) is 0 Å². The fourth-order valence-electron chi connectivity index (χ4n) is 0.942. The summed E-state index contributed by atoms with van der Waals surface area (Å²) in [7, 11) is -3.69. The Bertz CT molecular complexity index is 463. The van der Waals surface area contributed by atoms with E-state index in [0.717, 1.165) is 10.7 Å². The smallest absolute Gasteiger partial charge is 0.265 e. The number of hydrogen-bond donors (Lipinski definition) is 1. The summed E-state index contributed by atoms with van der Waals surface area (Å²) in [6.45, 7) is 2.85. The molecule has 0 bridgehead atoms. The Morgan fingerprint density at radius 2 is 2.14 bits per heavy atom. The van der Waals surface area contributed by atoms with Gasteiger partial charge in [-0.15, -0.1) is 11.3 Å². The van der Waals surface area contributed by atoms with Gasteiger partial charge in [-0.05, 0) is 28.9 Å². The molecule has 0 aromatic carbocycles. The SMILES string of the molecule is CC(=O)NS(=O)(=O)c1cc(Br)sc1C. The Morgan fingerprint density at radius 1 is 1.57 bits per heavy atom. The summed E-state index contributed by atoms with van der Waals surface area (Å²) >= 11 is 4.49. The van der Waals surface area contributed by atoms with Crippen LogP contribution in [0.1, 0.15) is 11.8 Å². The number of thiophene rings is 1. The largest absolute Gasteiger partial charge is 0.274 e. The molecule has 7 heteroatoms. The van der Waals surface area contributed by atoms with Gasteiger partial charge >= 0.3 is 0 Å². The standard InChI is InChI=1S/C7H8BrNO3S2/c1-4-6(3-7(8)13-4)14(11,12)9-5(2)10/h3H,1-2H3,(H,9,10). The van der Waals surface area contributed by atoms with Crippen LogP contribution in [-0.2, 0) is 14.8 Å². The Kier molecular flexibility index (Phi) is 3.33. The molecule has 0 unspecified atom stereocenters. The lowest BCUT2D eigenvalue weighted by Gasteiger charge is -2.02. The first kappa shape index (κ1) is 11.7. The molecule has 0 spiro atoms. The summed E-state index contributed by atoms with van der Waals surface area (Å²) in [5.41, 5.74) is 0. The molecule has 78 valence electrons. The van der Waals surface area contributed by atoms with E-state index in [2.05, 4.69) is 15.9 Å². The third-order valence-electron chi connectivity index (χ3n) is 1.41. The molecule has 1 N–H and O–H groups in total. The maximum Gasteiger partial charge on any atom is 0.265 e. The van der Waals surface area contributed by atoms with Crippen LogP contribution >= 0.6 is 27.3 Å². The van der Waals surface area contributed by atoms with E-state index < -0.39 is 15.9 Å². The van der Waals surface area contributed by atoms with Crippen LogP contribution in [0.4, 0.5) is 0 Å². The average Bonchev–Trinajstić information content (AvgIpc) is 2.27. The van der Waals surface area contributed by atoms with Crippen LogP contribution in [0, 0.1) is 6.92 Å². The van der Waals surface area contributed by atoms with E-state index in [-0.39, 0.29) is 4.90 Å². The second-order valence-corrected chi connectivity index (χ2v) is 6.92. The number of rotatable bonds is 2. The van der Waals surface area contributed by atoms with Crippen LogP contribution in [0.3, 0.4) is 0 Å². The van der Waals surface area contributed by atoms with Gasteiger partial charge < -0.3 is 0 Å². The molecule has 1 heterocycles. The van der Waals surface area contributed by atoms with Gasteiger partial charge in [0.05, 0.1) is 3.79 Å². The van der Waals surface area contributed by atoms with Crippen molar-refractivity contribution in [2.45, 2.75) is 18.7 Å². The summed E-state index contributed by atoms with van der Waals surface area (Å²) in [5.74, 6) is -0.591. The molecule has 0 atom stereocenters. The van der Waals surface area contributed by atoms with E-state index in [1.807, 2.05) is 4.72 Å². The number of aryl methyl sites for hydroxylation is 1. The molecule has 1 aromatic heterocycles. The highest BCUT2D eigenvalue weighted by molar-refractivity contribution is 9.11. The Labute approximate surface area is 94.5 Å². The highest BCUT2D eigenvalue weighted by atomic mass is 79.9. The Morgan fingerprint density at radius 3 is 2.50 bits per heavy atom. The molecule has 0 aliphatic heterocycles. The predicted molar refractivity (Wildman–Crippen MR) is 57.8 cm³/mol. The van der Waals surface area contributed by atoms with Gasteiger partial charge in [0.15, 0.2) is 0 Å². The van der Waals surface area contributed by atoms with Gasteiger partial charge in [-0.2, -0.15) is 0 Å². The number of halogens is 1. The zero-order chi connectivity index (χ0) is 10.9.